The van der Waals surface area contributed by atoms with E-state index in [0.29, 0.717) is 11.3 Å². The van der Waals surface area contributed by atoms with E-state index in [1.165, 1.54) is 41.8 Å². The fourth-order valence-electron chi connectivity index (χ4n) is 3.69. The fourth-order valence-corrected chi connectivity index (χ4v) is 7.83. The Bertz CT molecular complexity index is 1510. The highest BCUT2D eigenvalue weighted by molar-refractivity contribution is 7.93. The minimum absolute atomic E-state index is 0.00345. The smallest absolute Gasteiger partial charge is 0.321 e. The van der Waals surface area contributed by atoms with Crippen molar-refractivity contribution in [3.8, 4) is 0 Å². The molecule has 0 bridgehead atoms. The number of carbonyl (C=O) groups excluding carboxylic acids is 2. The topological polar surface area (TPSA) is 155 Å². The van der Waals surface area contributed by atoms with Gasteiger partial charge in [-0.1, -0.05) is 30.3 Å². The highest BCUT2D eigenvalue weighted by Gasteiger charge is 2.35. The summed E-state index contributed by atoms with van der Waals surface area (Å²) in [4.78, 5) is 37.4. The van der Waals surface area contributed by atoms with Crippen molar-refractivity contribution in [1.29, 1.82) is 0 Å². The van der Waals surface area contributed by atoms with E-state index >= 15 is 0 Å². The lowest BCUT2D eigenvalue weighted by Gasteiger charge is -2.17. The number of rotatable bonds is 10. The lowest BCUT2D eigenvalue weighted by molar-refractivity contribution is -0.139. The second kappa shape index (κ2) is 9.93. The first kappa shape index (κ1) is 25.7. The highest BCUT2D eigenvalue weighted by atomic mass is 32.2. The number of sulfonamides is 1. The van der Waals surface area contributed by atoms with E-state index < -0.39 is 43.7 Å². The van der Waals surface area contributed by atoms with Crippen LogP contribution in [-0.2, 0) is 24.7 Å². The zero-order valence-corrected chi connectivity index (χ0v) is 21.0. The van der Waals surface area contributed by atoms with Crippen LogP contribution >= 0.6 is 11.3 Å². The normalized spacial score (nSPS) is 14.6. The number of carboxylic acid groups (broad SMARTS) is 1. The molecule has 188 valence electrons. The van der Waals surface area contributed by atoms with E-state index in [-0.39, 0.29) is 44.5 Å². The van der Waals surface area contributed by atoms with Gasteiger partial charge < -0.3 is 5.11 Å². The molecule has 1 aliphatic heterocycles. The minimum atomic E-state index is -4.37. The predicted molar refractivity (Wildman–Crippen MR) is 129 cm³/mol. The Labute approximate surface area is 211 Å². The molecule has 36 heavy (non-hydrogen) atoms. The van der Waals surface area contributed by atoms with E-state index in [4.69, 9.17) is 0 Å². The first-order valence-corrected chi connectivity index (χ1v) is 14.5. The second-order valence-corrected chi connectivity index (χ2v) is 12.7. The largest absolute Gasteiger partial charge is 0.480 e. The number of hydrogen-bond donors (Lipinski definition) is 2. The van der Waals surface area contributed by atoms with Gasteiger partial charge >= 0.3 is 5.97 Å². The van der Waals surface area contributed by atoms with Gasteiger partial charge in [-0.15, -0.1) is 11.3 Å². The maximum Gasteiger partial charge on any atom is 0.321 e. The molecule has 1 atom stereocenters. The van der Waals surface area contributed by atoms with Crippen molar-refractivity contribution >= 4 is 49.0 Å². The van der Waals surface area contributed by atoms with Crippen molar-refractivity contribution in [2.75, 3.05) is 6.54 Å². The van der Waals surface area contributed by atoms with Crippen LogP contribution in [0.15, 0.2) is 80.0 Å². The fraction of sp³-hybridized carbons (Fsp3) is 0.174. The van der Waals surface area contributed by atoms with E-state index in [9.17, 15) is 36.3 Å². The first-order valence-electron chi connectivity index (χ1n) is 10.6. The predicted octanol–water partition coefficient (Wildman–Crippen LogP) is 2.39. The molecule has 10 nitrogen and oxygen atoms in total. The van der Waals surface area contributed by atoms with Crippen molar-refractivity contribution in [2.24, 2.45) is 0 Å². The monoisotopic (exact) mass is 548 g/mol. The SMILES string of the molecule is O=C(O)[C@@H](CCCN1C(=O)c2ccccc2C1=O)NS(=O)(=O)c1cc(S(=O)(=O)c2ccccc2)cs1. The van der Waals surface area contributed by atoms with E-state index in [1.54, 1.807) is 18.2 Å². The lowest BCUT2D eigenvalue weighted by atomic mass is 10.1. The molecule has 0 radical (unpaired) electrons. The summed E-state index contributed by atoms with van der Waals surface area (Å²) in [5, 5.41) is 10.7. The average Bonchev–Trinajstić information content (AvgIpc) is 3.45. The molecule has 0 fully saturated rings. The van der Waals surface area contributed by atoms with Crippen LogP contribution in [0.5, 0.6) is 0 Å². The van der Waals surface area contributed by atoms with Crippen molar-refractivity contribution in [2.45, 2.75) is 32.9 Å². The Morgan fingerprint density at radius 1 is 0.917 bits per heavy atom. The molecule has 0 spiro atoms. The summed E-state index contributed by atoms with van der Waals surface area (Å²) in [5.74, 6) is -2.43. The van der Waals surface area contributed by atoms with Gasteiger partial charge in [-0.25, -0.2) is 16.8 Å². The minimum Gasteiger partial charge on any atom is -0.480 e. The zero-order chi connectivity index (χ0) is 26.1. The van der Waals surface area contributed by atoms with Crippen LogP contribution in [0.4, 0.5) is 0 Å². The molecule has 0 saturated carbocycles. The summed E-state index contributed by atoms with van der Waals surface area (Å²) in [6.07, 6.45) is -0.175. The number of nitrogens with zero attached hydrogens (tertiary/aromatic N) is 1. The quantitative estimate of drug-likeness (QED) is 0.366. The number of thiophene rings is 1. The summed E-state index contributed by atoms with van der Waals surface area (Å²) in [5.41, 5.74) is 0.522. The molecule has 0 unspecified atom stereocenters. The van der Waals surface area contributed by atoms with Gasteiger partial charge in [-0.05, 0) is 43.2 Å². The summed E-state index contributed by atoms with van der Waals surface area (Å²) >= 11 is 0.649. The van der Waals surface area contributed by atoms with Crippen LogP contribution in [-0.4, -0.2) is 57.2 Å². The van der Waals surface area contributed by atoms with Crippen molar-refractivity contribution in [3.63, 3.8) is 0 Å². The number of benzene rings is 2. The third kappa shape index (κ3) is 4.95. The molecule has 1 aromatic heterocycles. The summed E-state index contributed by atoms with van der Waals surface area (Å²) < 4.78 is 52.8. The van der Waals surface area contributed by atoms with Gasteiger partial charge in [0.25, 0.3) is 21.8 Å². The summed E-state index contributed by atoms with van der Waals surface area (Å²) in [6, 6.07) is 13.2. The number of aliphatic carboxylic acids is 1. The number of sulfone groups is 1. The Balaban J connectivity index is 1.43. The lowest BCUT2D eigenvalue weighted by Crippen LogP contribution is -2.41. The maximum absolute atomic E-state index is 12.8. The highest BCUT2D eigenvalue weighted by Crippen LogP contribution is 2.28. The molecule has 13 heteroatoms. The molecule has 2 heterocycles. The molecule has 2 aromatic carbocycles. The molecular weight excluding hydrogens is 528 g/mol. The number of fused-ring (bicyclic) bond motifs is 1. The van der Waals surface area contributed by atoms with Gasteiger partial charge in [-0.3, -0.25) is 19.3 Å². The number of carbonyl (C=O) groups is 3. The van der Waals surface area contributed by atoms with E-state index in [1.807, 2.05) is 0 Å². The van der Waals surface area contributed by atoms with Crippen molar-refractivity contribution < 1.29 is 36.3 Å². The average molecular weight is 549 g/mol. The molecule has 1 aliphatic rings. The third-order valence-corrected chi connectivity index (χ3v) is 10.3. The molecule has 0 saturated heterocycles. The van der Waals surface area contributed by atoms with E-state index in [0.717, 1.165) is 11.0 Å². The molecule has 2 amide bonds. The van der Waals surface area contributed by atoms with Gasteiger partial charge in [0, 0.05) is 11.9 Å². The summed E-state index contributed by atoms with van der Waals surface area (Å²) in [6.45, 7) is -0.0870. The Morgan fingerprint density at radius 2 is 1.50 bits per heavy atom. The van der Waals surface area contributed by atoms with Gasteiger partial charge in [0.15, 0.2) is 0 Å². The summed E-state index contributed by atoms with van der Waals surface area (Å²) in [7, 11) is -8.31. The van der Waals surface area contributed by atoms with Gasteiger partial charge in [0.05, 0.1) is 20.9 Å². The molecule has 0 aliphatic carbocycles. The number of amides is 2. The van der Waals surface area contributed by atoms with Crippen LogP contribution in [0.2, 0.25) is 0 Å². The Hall–Kier alpha value is -3.39. The molecular formula is C23H20N2O8S3. The van der Waals surface area contributed by atoms with Crippen molar-refractivity contribution in [1.82, 2.24) is 9.62 Å². The van der Waals surface area contributed by atoms with Crippen LogP contribution in [0, 0.1) is 0 Å². The van der Waals surface area contributed by atoms with Gasteiger partial charge in [0.2, 0.25) is 9.84 Å². The first-order chi connectivity index (χ1) is 17.0. The van der Waals surface area contributed by atoms with Crippen LogP contribution < -0.4 is 4.72 Å². The Morgan fingerprint density at radius 3 is 2.08 bits per heavy atom. The standard InChI is InChI=1S/C23H20N2O8S3/c26-21-17-9-4-5-10-18(17)22(27)25(21)12-6-11-19(23(28)29)24-36(32,33)20-13-16(14-34-20)35(30,31)15-7-2-1-3-8-15/h1-5,7-10,13-14,19,24H,6,11-12H2,(H,28,29)/t19-/m1/s1. The van der Waals surface area contributed by atoms with Crippen LogP contribution in [0.3, 0.4) is 0 Å². The number of nitrogens with one attached hydrogen (secondary N) is 1. The maximum atomic E-state index is 12.8. The second-order valence-electron chi connectivity index (χ2n) is 7.88. The number of carboxylic acids is 1. The third-order valence-electron chi connectivity index (χ3n) is 5.53. The van der Waals surface area contributed by atoms with Crippen LogP contribution in [0.25, 0.3) is 0 Å². The molecule has 4 rings (SSSR count). The van der Waals surface area contributed by atoms with Crippen molar-refractivity contribution in [3.05, 3.63) is 77.2 Å². The van der Waals surface area contributed by atoms with Gasteiger partial charge in [-0.2, -0.15) is 4.72 Å². The Kier molecular flexibility index (Phi) is 7.09. The molecule has 3 aromatic rings. The number of imide groups is 1. The van der Waals surface area contributed by atoms with Gasteiger partial charge in [0.1, 0.15) is 10.3 Å². The number of hydrogen-bond acceptors (Lipinski definition) is 8. The van der Waals surface area contributed by atoms with E-state index in [2.05, 4.69) is 4.72 Å². The van der Waals surface area contributed by atoms with Crippen LogP contribution in [0.1, 0.15) is 33.6 Å². The zero-order valence-electron chi connectivity index (χ0n) is 18.5. The molecule has 2 N–H and O–H groups in total.